The molecule has 1 amide bonds. The average Bonchev–Trinajstić information content (AvgIpc) is 2.67. The fourth-order valence-electron chi connectivity index (χ4n) is 1.97. The van der Waals surface area contributed by atoms with Crippen LogP contribution in [0.3, 0.4) is 0 Å². The number of carbonyl (C=O) groups excluding carboxylic acids is 1. The molecule has 2 heterocycles. The van der Waals surface area contributed by atoms with Gasteiger partial charge in [-0.1, -0.05) is 0 Å². The van der Waals surface area contributed by atoms with Crippen LogP contribution in [-0.2, 0) is 9.53 Å². The second kappa shape index (κ2) is 6.69. The number of rotatable bonds is 1. The SMILES string of the molecule is CC1CN(C(=O)C2CSCN2)CCCO1.Cl. The highest BCUT2D eigenvalue weighted by molar-refractivity contribution is 7.99. The topological polar surface area (TPSA) is 41.6 Å². The number of nitrogens with one attached hydrogen (secondary N) is 1. The third-order valence-corrected chi connectivity index (χ3v) is 3.72. The molecule has 4 nitrogen and oxygen atoms in total. The van der Waals surface area contributed by atoms with Gasteiger partial charge < -0.3 is 9.64 Å². The fraction of sp³-hybridized carbons (Fsp3) is 0.900. The normalized spacial score (nSPS) is 30.7. The largest absolute Gasteiger partial charge is 0.377 e. The monoisotopic (exact) mass is 266 g/mol. The van der Waals surface area contributed by atoms with E-state index in [1.165, 1.54) is 0 Å². The summed E-state index contributed by atoms with van der Waals surface area (Å²) in [6.07, 6.45) is 1.13. The summed E-state index contributed by atoms with van der Waals surface area (Å²) in [6.45, 7) is 4.38. The molecule has 2 aliphatic rings. The highest BCUT2D eigenvalue weighted by Gasteiger charge is 2.28. The Morgan fingerprint density at radius 2 is 2.38 bits per heavy atom. The molecule has 0 radical (unpaired) electrons. The first-order valence-corrected chi connectivity index (χ1v) is 6.64. The van der Waals surface area contributed by atoms with Gasteiger partial charge in [-0.25, -0.2) is 0 Å². The zero-order chi connectivity index (χ0) is 10.7. The van der Waals surface area contributed by atoms with E-state index in [1.54, 1.807) is 11.8 Å². The minimum Gasteiger partial charge on any atom is -0.377 e. The Kier molecular flexibility index (Phi) is 5.89. The van der Waals surface area contributed by atoms with Crippen LogP contribution >= 0.6 is 24.2 Å². The molecule has 2 aliphatic heterocycles. The molecular weight excluding hydrogens is 248 g/mol. The number of hydrogen-bond donors (Lipinski definition) is 1. The lowest BCUT2D eigenvalue weighted by molar-refractivity contribution is -0.133. The second-order valence-electron chi connectivity index (χ2n) is 4.09. The molecule has 2 fully saturated rings. The maximum Gasteiger partial charge on any atom is 0.240 e. The lowest BCUT2D eigenvalue weighted by Crippen LogP contribution is -2.46. The van der Waals surface area contributed by atoms with Crippen LogP contribution in [0.4, 0.5) is 0 Å². The third-order valence-electron chi connectivity index (χ3n) is 2.78. The minimum absolute atomic E-state index is 0. The Hall–Kier alpha value is 0.0300. The molecule has 2 rings (SSSR count). The highest BCUT2D eigenvalue weighted by Crippen LogP contribution is 2.14. The van der Waals surface area contributed by atoms with Crippen molar-refractivity contribution in [3.05, 3.63) is 0 Å². The van der Waals surface area contributed by atoms with Crippen molar-refractivity contribution in [2.75, 3.05) is 31.3 Å². The van der Waals surface area contributed by atoms with Gasteiger partial charge in [0, 0.05) is 31.3 Å². The Morgan fingerprint density at radius 3 is 3.06 bits per heavy atom. The summed E-state index contributed by atoms with van der Waals surface area (Å²) in [4.78, 5) is 14.0. The number of hydrogen-bond acceptors (Lipinski definition) is 4. The highest BCUT2D eigenvalue weighted by atomic mass is 35.5. The number of thioether (sulfide) groups is 1. The molecule has 2 saturated heterocycles. The summed E-state index contributed by atoms with van der Waals surface area (Å²) >= 11 is 1.79. The Labute approximate surface area is 107 Å². The van der Waals surface area contributed by atoms with Crippen LogP contribution in [0.15, 0.2) is 0 Å². The van der Waals surface area contributed by atoms with Crippen molar-refractivity contribution in [1.82, 2.24) is 10.2 Å². The molecule has 0 aromatic rings. The van der Waals surface area contributed by atoms with Crippen LogP contribution in [0, 0.1) is 0 Å². The smallest absolute Gasteiger partial charge is 0.240 e. The summed E-state index contributed by atoms with van der Waals surface area (Å²) in [6, 6.07) is 0.0281. The number of carbonyl (C=O) groups is 1. The standard InChI is InChI=1S/C10H18N2O2S.ClH/c1-8-5-12(3-2-4-14-8)10(13)9-6-15-7-11-9;/h8-9,11H,2-7H2,1H3;1H. The van der Waals surface area contributed by atoms with E-state index < -0.39 is 0 Å². The summed E-state index contributed by atoms with van der Waals surface area (Å²) in [5.41, 5.74) is 0. The van der Waals surface area contributed by atoms with Crippen molar-refractivity contribution in [3.8, 4) is 0 Å². The van der Waals surface area contributed by atoms with E-state index in [0.717, 1.165) is 37.7 Å². The van der Waals surface area contributed by atoms with Crippen LogP contribution in [0.25, 0.3) is 0 Å². The van der Waals surface area contributed by atoms with Gasteiger partial charge in [0.15, 0.2) is 0 Å². The number of amides is 1. The first-order chi connectivity index (χ1) is 7.27. The second-order valence-corrected chi connectivity index (χ2v) is 5.12. The van der Waals surface area contributed by atoms with E-state index in [-0.39, 0.29) is 30.5 Å². The zero-order valence-electron chi connectivity index (χ0n) is 9.48. The maximum atomic E-state index is 12.1. The Balaban J connectivity index is 0.00000128. The molecule has 0 bridgehead atoms. The molecule has 94 valence electrons. The van der Waals surface area contributed by atoms with Crippen molar-refractivity contribution in [1.29, 1.82) is 0 Å². The maximum absolute atomic E-state index is 12.1. The molecule has 6 heteroatoms. The summed E-state index contributed by atoms with van der Waals surface area (Å²) in [5.74, 6) is 2.05. The van der Waals surface area contributed by atoms with Gasteiger partial charge in [0.1, 0.15) is 0 Å². The van der Waals surface area contributed by atoms with E-state index in [1.807, 2.05) is 11.8 Å². The van der Waals surface area contributed by atoms with Gasteiger partial charge in [0.2, 0.25) is 5.91 Å². The quantitative estimate of drug-likeness (QED) is 0.759. The van der Waals surface area contributed by atoms with Gasteiger partial charge in [-0.3, -0.25) is 10.1 Å². The van der Waals surface area contributed by atoms with Crippen LogP contribution in [-0.4, -0.2) is 54.3 Å². The van der Waals surface area contributed by atoms with Crippen molar-refractivity contribution in [2.45, 2.75) is 25.5 Å². The van der Waals surface area contributed by atoms with Crippen molar-refractivity contribution >= 4 is 30.1 Å². The molecule has 16 heavy (non-hydrogen) atoms. The summed E-state index contributed by atoms with van der Waals surface area (Å²) in [5, 5.41) is 3.22. The van der Waals surface area contributed by atoms with Gasteiger partial charge in [0.25, 0.3) is 0 Å². The Morgan fingerprint density at radius 1 is 1.56 bits per heavy atom. The summed E-state index contributed by atoms with van der Waals surface area (Å²) in [7, 11) is 0. The molecule has 2 unspecified atom stereocenters. The summed E-state index contributed by atoms with van der Waals surface area (Å²) < 4.78 is 5.53. The third kappa shape index (κ3) is 3.52. The number of halogens is 1. The molecule has 0 aromatic carbocycles. The molecule has 1 N–H and O–H groups in total. The predicted molar refractivity (Wildman–Crippen MR) is 68.1 cm³/mol. The van der Waals surface area contributed by atoms with Crippen molar-refractivity contribution < 1.29 is 9.53 Å². The average molecular weight is 267 g/mol. The van der Waals surface area contributed by atoms with Gasteiger partial charge in [-0.05, 0) is 13.3 Å². The van der Waals surface area contributed by atoms with Gasteiger partial charge in [0.05, 0.1) is 12.1 Å². The van der Waals surface area contributed by atoms with Crippen LogP contribution in [0.1, 0.15) is 13.3 Å². The molecular formula is C10H19ClN2O2S. The van der Waals surface area contributed by atoms with Crippen molar-refractivity contribution in [3.63, 3.8) is 0 Å². The van der Waals surface area contributed by atoms with E-state index in [4.69, 9.17) is 4.74 Å². The van der Waals surface area contributed by atoms with Crippen molar-refractivity contribution in [2.24, 2.45) is 0 Å². The first-order valence-electron chi connectivity index (χ1n) is 5.49. The van der Waals surface area contributed by atoms with Crippen LogP contribution < -0.4 is 5.32 Å². The van der Waals surface area contributed by atoms with Gasteiger partial charge in [-0.2, -0.15) is 0 Å². The number of nitrogens with zero attached hydrogens (tertiary/aromatic N) is 1. The van der Waals surface area contributed by atoms with Gasteiger partial charge in [-0.15, -0.1) is 24.2 Å². The number of ether oxygens (including phenoxy) is 1. The molecule has 2 atom stereocenters. The molecule has 0 aromatic heterocycles. The van der Waals surface area contributed by atoms with E-state index in [9.17, 15) is 4.79 Å². The van der Waals surface area contributed by atoms with Crippen LogP contribution in [0.2, 0.25) is 0 Å². The lowest BCUT2D eigenvalue weighted by Gasteiger charge is -2.24. The zero-order valence-corrected chi connectivity index (χ0v) is 11.1. The molecule has 0 saturated carbocycles. The van der Waals surface area contributed by atoms with E-state index in [2.05, 4.69) is 5.32 Å². The van der Waals surface area contributed by atoms with Crippen LogP contribution in [0.5, 0.6) is 0 Å². The molecule has 0 spiro atoms. The van der Waals surface area contributed by atoms with Gasteiger partial charge >= 0.3 is 0 Å². The predicted octanol–water partition coefficient (Wildman–Crippen LogP) is 0.708. The lowest BCUT2D eigenvalue weighted by atomic mass is 10.2. The Bertz CT molecular complexity index is 237. The first kappa shape index (κ1) is 14.1. The molecule has 0 aliphatic carbocycles. The van der Waals surface area contributed by atoms with E-state index in [0.29, 0.717) is 0 Å². The van der Waals surface area contributed by atoms with E-state index >= 15 is 0 Å². The fourth-order valence-corrected chi connectivity index (χ4v) is 2.90. The minimum atomic E-state index is 0.